The third kappa shape index (κ3) is 14.5. The number of rotatable bonds is 9. The quantitative estimate of drug-likeness (QED) is 0.262. The van der Waals surface area contributed by atoms with Crippen molar-refractivity contribution in [1.29, 1.82) is 0 Å². The Morgan fingerprint density at radius 3 is 1.92 bits per heavy atom. The Kier molecular flexibility index (Phi) is 20.0. The monoisotopic (exact) mass is 546 g/mol. The molecule has 10 heteroatoms. The van der Waals surface area contributed by atoms with Crippen LogP contribution in [0.1, 0.15) is 53.9 Å². The summed E-state index contributed by atoms with van der Waals surface area (Å²) in [5.41, 5.74) is 7.44. The Morgan fingerprint density at radius 2 is 1.49 bits per heavy atom. The molecule has 3 aromatic rings. The molecule has 0 bridgehead atoms. The van der Waals surface area contributed by atoms with Gasteiger partial charge >= 0.3 is 5.97 Å². The lowest BCUT2D eigenvalue weighted by atomic mass is 10.2. The zero-order chi connectivity index (χ0) is 27.6. The van der Waals surface area contributed by atoms with Crippen LogP contribution >= 0.6 is 0 Å². The number of nitrogen functional groups attached to an aromatic ring is 1. The topological polar surface area (TPSA) is 154 Å². The van der Waals surface area contributed by atoms with Crippen LogP contribution in [0.3, 0.4) is 0 Å². The number of aryl methyl sites for hydroxylation is 1. The van der Waals surface area contributed by atoms with E-state index < -0.39 is 12.1 Å². The molecule has 0 spiro atoms. The van der Waals surface area contributed by atoms with E-state index in [0.717, 1.165) is 11.1 Å². The Balaban J connectivity index is -0.000000583. The number of aromatic nitrogens is 2. The first-order chi connectivity index (χ1) is 17.7. The van der Waals surface area contributed by atoms with Crippen molar-refractivity contribution in [3.8, 4) is 5.75 Å². The normalized spacial score (nSPS) is 10.1. The molecule has 0 radical (unpaired) electrons. The highest BCUT2D eigenvalue weighted by molar-refractivity contribution is 6.00. The van der Waals surface area contributed by atoms with Gasteiger partial charge in [-0.25, -0.2) is 9.78 Å². The fourth-order valence-corrected chi connectivity index (χ4v) is 2.82. The van der Waals surface area contributed by atoms with E-state index in [1.807, 2.05) is 60.7 Å². The summed E-state index contributed by atoms with van der Waals surface area (Å²) in [4.78, 5) is 40.6. The second kappa shape index (κ2) is 21.0. The highest BCUT2D eigenvalue weighted by Crippen LogP contribution is 2.11. The van der Waals surface area contributed by atoms with Crippen LogP contribution in [-0.4, -0.2) is 46.1 Å². The molecule has 0 aliphatic carbocycles. The van der Waals surface area contributed by atoms with E-state index in [1.54, 1.807) is 20.8 Å². The molecule has 0 aliphatic rings. The summed E-state index contributed by atoms with van der Waals surface area (Å²) >= 11 is 0. The highest BCUT2D eigenvalue weighted by Gasteiger charge is 2.25. The number of nitrogens with two attached hydrogens (primary N) is 1. The molecule has 1 heterocycles. The molecule has 3 rings (SSSR count). The van der Waals surface area contributed by atoms with Crippen molar-refractivity contribution < 1.29 is 30.3 Å². The Labute approximate surface area is 232 Å². The van der Waals surface area contributed by atoms with Gasteiger partial charge in [-0.05, 0) is 38.8 Å². The van der Waals surface area contributed by atoms with Crippen LogP contribution < -0.4 is 16.0 Å². The molecule has 2 aromatic carbocycles. The van der Waals surface area contributed by atoms with E-state index in [1.165, 1.54) is 6.92 Å². The zero-order valence-electron chi connectivity index (χ0n) is 22.6. The fraction of sp³-hybridized carbons (Fsp3) is 0.379. The first kappa shape index (κ1) is 37.1. The van der Waals surface area contributed by atoms with E-state index in [4.69, 9.17) is 25.1 Å². The minimum Gasteiger partial charge on any atom is -1.00 e. The number of ketones is 1. The first-order valence-corrected chi connectivity index (χ1v) is 11.7. The van der Waals surface area contributed by atoms with Gasteiger partial charge in [-0.2, -0.15) is 0 Å². The summed E-state index contributed by atoms with van der Waals surface area (Å²) in [6.45, 7) is 7.39. The third-order valence-corrected chi connectivity index (χ3v) is 4.42. The number of esters is 1. The van der Waals surface area contributed by atoms with Crippen LogP contribution in [0, 0.1) is 6.92 Å². The number of ether oxygens (including phenoxy) is 3. The summed E-state index contributed by atoms with van der Waals surface area (Å²) in [6, 6.07) is 18.9. The zero-order valence-corrected chi connectivity index (χ0v) is 21.6. The Morgan fingerprint density at radius 1 is 1.00 bits per heavy atom. The number of nitrogens with zero attached hydrogens (tertiary/aromatic N) is 1. The second-order valence-corrected chi connectivity index (χ2v) is 7.50. The lowest BCUT2D eigenvalue weighted by molar-refractivity contribution is -0.161. The predicted molar refractivity (Wildman–Crippen MR) is 154 cm³/mol. The lowest BCUT2D eigenvalue weighted by Crippen LogP contribution is -2.33. The fourth-order valence-electron chi connectivity index (χ4n) is 2.82. The summed E-state index contributed by atoms with van der Waals surface area (Å²) in [7, 11) is 0. The molecule has 1 atom stereocenters. The van der Waals surface area contributed by atoms with Gasteiger partial charge in [-0.3, -0.25) is 14.6 Å². The summed E-state index contributed by atoms with van der Waals surface area (Å²) in [5.74, 6) is -0.669. The lowest BCUT2D eigenvalue weighted by Gasteiger charge is -2.13. The SMILES string of the molecule is C.C.CCO.CCOC(=O)C(OCc1ccccc1)C(C)=O.Cc1nc(N)[nH]c(=O)c1OCc1ccccc1.[H-]. The van der Waals surface area contributed by atoms with E-state index in [2.05, 4.69) is 9.97 Å². The predicted octanol–water partition coefficient (Wildman–Crippen LogP) is 4.35. The molecule has 0 saturated carbocycles. The minimum absolute atomic E-state index is 0. The summed E-state index contributed by atoms with van der Waals surface area (Å²) in [6.07, 6.45) is -1.13. The first-order valence-electron chi connectivity index (χ1n) is 11.7. The summed E-state index contributed by atoms with van der Waals surface area (Å²) in [5, 5.41) is 7.57. The van der Waals surface area contributed by atoms with Crippen molar-refractivity contribution in [3.05, 3.63) is 87.8 Å². The number of aliphatic hydroxyl groups is 1. The number of aromatic amines is 1. The van der Waals surface area contributed by atoms with Crippen molar-refractivity contribution in [2.45, 2.75) is 61.9 Å². The van der Waals surface area contributed by atoms with Crippen LogP contribution in [0.2, 0.25) is 0 Å². The molecule has 10 nitrogen and oxygen atoms in total. The summed E-state index contributed by atoms with van der Waals surface area (Å²) < 4.78 is 15.5. The van der Waals surface area contributed by atoms with Gasteiger partial charge in [0.05, 0.1) is 18.9 Å². The number of carbonyl (C=O) groups is 2. The smallest absolute Gasteiger partial charge is 0.343 e. The van der Waals surface area contributed by atoms with Crippen molar-refractivity contribution in [1.82, 2.24) is 9.97 Å². The molecule has 1 unspecified atom stereocenters. The van der Waals surface area contributed by atoms with Crippen molar-refractivity contribution in [2.24, 2.45) is 0 Å². The third-order valence-electron chi connectivity index (χ3n) is 4.42. The molecule has 39 heavy (non-hydrogen) atoms. The number of carbonyl (C=O) groups excluding carboxylic acids is 2. The minimum atomic E-state index is -1.13. The van der Waals surface area contributed by atoms with E-state index in [-0.39, 0.29) is 59.1 Å². The van der Waals surface area contributed by atoms with Gasteiger partial charge in [0.2, 0.25) is 17.8 Å². The highest BCUT2D eigenvalue weighted by atomic mass is 16.6. The van der Waals surface area contributed by atoms with Gasteiger partial charge in [-0.15, -0.1) is 0 Å². The van der Waals surface area contributed by atoms with Crippen LogP contribution in [0.4, 0.5) is 5.95 Å². The van der Waals surface area contributed by atoms with Gasteiger partial charge in [0.25, 0.3) is 5.56 Å². The maximum atomic E-state index is 11.6. The number of H-pyrrole nitrogens is 1. The van der Waals surface area contributed by atoms with Gasteiger partial charge < -0.3 is 26.5 Å². The molecule has 0 aliphatic heterocycles. The maximum absolute atomic E-state index is 11.6. The van der Waals surface area contributed by atoms with E-state index >= 15 is 0 Å². The molecule has 218 valence electrons. The van der Waals surface area contributed by atoms with Crippen LogP contribution in [0.25, 0.3) is 0 Å². The van der Waals surface area contributed by atoms with E-state index in [0.29, 0.717) is 12.3 Å². The van der Waals surface area contributed by atoms with Gasteiger partial charge in [-0.1, -0.05) is 75.5 Å². The molecule has 0 fully saturated rings. The second-order valence-electron chi connectivity index (χ2n) is 7.50. The van der Waals surface area contributed by atoms with Crippen molar-refractivity contribution >= 4 is 17.7 Å². The van der Waals surface area contributed by atoms with Crippen LogP contribution in [-0.2, 0) is 32.3 Å². The molecule has 1 aromatic heterocycles. The molecule has 0 amide bonds. The molecular weight excluding hydrogens is 502 g/mol. The number of hydrogen-bond acceptors (Lipinski definition) is 9. The van der Waals surface area contributed by atoms with Gasteiger partial charge in [0.15, 0.2) is 5.78 Å². The van der Waals surface area contributed by atoms with E-state index in [9.17, 15) is 14.4 Å². The number of nitrogens with one attached hydrogen (secondary N) is 1. The number of anilines is 1. The largest absolute Gasteiger partial charge is 1.00 e. The number of Topliss-reactive ketones (excluding diaryl/α,β-unsaturated/α-hetero) is 1. The average molecular weight is 547 g/mol. The number of hydrogen-bond donors (Lipinski definition) is 3. The Bertz CT molecular complexity index is 1140. The number of benzene rings is 2. The average Bonchev–Trinajstić information content (AvgIpc) is 2.86. The van der Waals surface area contributed by atoms with Gasteiger partial charge in [0.1, 0.15) is 6.61 Å². The standard InChI is InChI=1S/C13H16O4.C12H13N3O2.C2H6O.2CH4.H/c1-3-16-13(15)12(10(2)14)17-9-11-7-5-4-6-8-11;1-8-10(11(16)15-12(13)14-8)17-7-9-5-3-2-4-6-9;1-2-3;;;/h4-8,12H,3,9H2,1-2H3;2-6H,7H2,1H3,(H3,13,14,15,16);3H,2H2,1H3;2*1H4;/q;;;;;-1. The maximum Gasteiger partial charge on any atom is 0.343 e. The van der Waals surface area contributed by atoms with Crippen molar-refractivity contribution in [2.75, 3.05) is 18.9 Å². The molecular formula is C29H44N3O7-. The Hall–Kier alpha value is -4.02. The van der Waals surface area contributed by atoms with Crippen LogP contribution in [0.5, 0.6) is 5.75 Å². The van der Waals surface area contributed by atoms with Crippen LogP contribution in [0.15, 0.2) is 65.5 Å². The number of aliphatic hydroxyl groups excluding tert-OH is 1. The molecule has 0 saturated heterocycles. The van der Waals surface area contributed by atoms with Gasteiger partial charge in [0, 0.05) is 6.61 Å². The molecule has 4 N–H and O–H groups in total. The van der Waals surface area contributed by atoms with Crippen molar-refractivity contribution in [3.63, 3.8) is 0 Å².